The second-order valence-electron chi connectivity index (χ2n) is 9.04. The highest BCUT2D eigenvalue weighted by atomic mass is 19.3. The number of fused-ring (bicyclic) bond motifs is 2. The quantitative estimate of drug-likeness (QED) is 0.568. The third kappa shape index (κ3) is 3.46. The van der Waals surface area contributed by atoms with Crippen LogP contribution in [0.5, 0.6) is 0 Å². The van der Waals surface area contributed by atoms with Crippen molar-refractivity contribution >= 4 is 40.3 Å². The summed E-state index contributed by atoms with van der Waals surface area (Å²) < 4.78 is 28.3. The highest BCUT2D eigenvalue weighted by molar-refractivity contribution is 6.04. The van der Waals surface area contributed by atoms with Gasteiger partial charge in [0.15, 0.2) is 17.0 Å². The van der Waals surface area contributed by atoms with E-state index in [0.717, 1.165) is 10.6 Å². The first kappa shape index (κ1) is 21.7. The fourth-order valence-electron chi connectivity index (χ4n) is 5.13. The zero-order valence-corrected chi connectivity index (χ0v) is 19.1. The summed E-state index contributed by atoms with van der Waals surface area (Å²) in [5.74, 6) is -2.69. The van der Waals surface area contributed by atoms with Crippen molar-refractivity contribution in [2.24, 2.45) is 0 Å². The summed E-state index contributed by atoms with van der Waals surface area (Å²) in [5.41, 5.74) is 2.50. The molecular formula is C23H23F2N8O2. The van der Waals surface area contributed by atoms with Gasteiger partial charge in [0.1, 0.15) is 6.33 Å². The molecule has 0 aliphatic carbocycles. The lowest BCUT2D eigenvalue weighted by Gasteiger charge is -2.38. The molecule has 3 aliphatic heterocycles. The number of rotatable bonds is 4. The van der Waals surface area contributed by atoms with Gasteiger partial charge in [0.2, 0.25) is 5.82 Å². The molecule has 5 heterocycles. The van der Waals surface area contributed by atoms with Crippen LogP contribution in [-0.4, -0.2) is 74.5 Å². The summed E-state index contributed by atoms with van der Waals surface area (Å²) in [5, 5.41) is 4.16. The molecule has 3 amide bonds. The van der Waals surface area contributed by atoms with E-state index in [1.807, 2.05) is 31.2 Å². The van der Waals surface area contributed by atoms with E-state index in [1.54, 1.807) is 9.47 Å². The number of carbonyl (C=O) groups is 2. The third-order valence-electron chi connectivity index (χ3n) is 6.84. The number of anilines is 2. The molecule has 0 atom stereocenters. The summed E-state index contributed by atoms with van der Waals surface area (Å²) in [6, 6.07) is 7.29. The van der Waals surface area contributed by atoms with E-state index in [9.17, 15) is 18.4 Å². The van der Waals surface area contributed by atoms with Crippen LogP contribution in [0.1, 0.15) is 30.4 Å². The Labute approximate surface area is 199 Å². The number of hydrogen-bond donors (Lipinski definition) is 0. The summed E-state index contributed by atoms with van der Waals surface area (Å²) >= 11 is 0. The molecule has 1 aromatic carbocycles. The van der Waals surface area contributed by atoms with Crippen LogP contribution < -0.4 is 15.1 Å². The van der Waals surface area contributed by atoms with Crippen molar-refractivity contribution in [3.05, 3.63) is 36.4 Å². The standard InChI is InChI=1S/C23H23F2N8O2/c1-2-32-19-17(29-20(32)21(34)31-11-23(24,25)12-31)18(26-13-27-19)30-9-7-14(8-10-30)33-16-6-4-3-5-15(16)28-22(33)35/h3-6,13-14H,2,7-12H2,1H3. The number of benzene rings is 1. The number of hydrogen-bond acceptors (Lipinski definition) is 6. The van der Waals surface area contributed by atoms with Crippen molar-refractivity contribution in [3.8, 4) is 0 Å². The Balaban J connectivity index is 1.25. The van der Waals surface area contributed by atoms with Gasteiger partial charge in [0.05, 0.1) is 24.5 Å². The summed E-state index contributed by atoms with van der Waals surface area (Å²) in [6.45, 7) is 2.32. The zero-order valence-electron chi connectivity index (χ0n) is 19.1. The number of piperidine rings is 1. The van der Waals surface area contributed by atoms with E-state index in [2.05, 4.69) is 25.2 Å². The first-order valence-electron chi connectivity index (χ1n) is 11.6. The maximum Gasteiger partial charge on any atom is 0.348 e. The molecule has 2 fully saturated rings. The molecular weight excluding hydrogens is 458 g/mol. The second kappa shape index (κ2) is 7.85. The number of likely N-dealkylation sites (tertiary alicyclic amines) is 1. The van der Waals surface area contributed by atoms with Gasteiger partial charge in [-0.2, -0.15) is 5.32 Å². The smallest absolute Gasteiger partial charge is 0.348 e. The van der Waals surface area contributed by atoms with Crippen molar-refractivity contribution in [1.29, 1.82) is 0 Å². The van der Waals surface area contributed by atoms with E-state index < -0.39 is 24.9 Å². The maximum atomic E-state index is 13.3. The molecule has 1 radical (unpaired) electrons. The largest absolute Gasteiger partial charge is 0.355 e. The Morgan fingerprint density at radius 2 is 1.89 bits per heavy atom. The zero-order chi connectivity index (χ0) is 24.3. The van der Waals surface area contributed by atoms with Gasteiger partial charge < -0.3 is 14.4 Å². The highest BCUT2D eigenvalue weighted by Gasteiger charge is 2.47. The minimum absolute atomic E-state index is 0.0156. The summed E-state index contributed by atoms with van der Waals surface area (Å²) in [4.78, 5) is 43.7. The monoisotopic (exact) mass is 481 g/mol. The molecule has 3 aliphatic rings. The van der Waals surface area contributed by atoms with E-state index in [-0.39, 0.29) is 17.9 Å². The van der Waals surface area contributed by atoms with Crippen LogP contribution in [0, 0.1) is 0 Å². The van der Waals surface area contributed by atoms with Crippen LogP contribution >= 0.6 is 0 Å². The van der Waals surface area contributed by atoms with Gasteiger partial charge in [-0.05, 0) is 31.9 Å². The average Bonchev–Trinajstić information content (AvgIpc) is 3.38. The molecule has 0 saturated carbocycles. The molecule has 2 saturated heterocycles. The molecule has 12 heteroatoms. The van der Waals surface area contributed by atoms with Crippen LogP contribution in [0.15, 0.2) is 30.6 Å². The highest BCUT2D eigenvalue weighted by Crippen LogP contribution is 2.37. The lowest BCUT2D eigenvalue weighted by atomic mass is 10.0. The minimum atomic E-state index is -2.85. The van der Waals surface area contributed by atoms with Crippen LogP contribution in [-0.2, 0) is 6.54 Å². The number of aryl methyl sites for hydroxylation is 1. The first-order chi connectivity index (χ1) is 16.9. The Kier molecular flexibility index (Phi) is 4.87. The number of para-hydroxylation sites is 2. The number of halogens is 2. The molecule has 2 aromatic heterocycles. The van der Waals surface area contributed by atoms with Gasteiger partial charge in [-0.3, -0.25) is 9.69 Å². The van der Waals surface area contributed by atoms with Crippen LogP contribution in [0.4, 0.5) is 30.8 Å². The van der Waals surface area contributed by atoms with Gasteiger partial charge in [-0.15, -0.1) is 0 Å². The lowest BCUT2D eigenvalue weighted by Crippen LogP contribution is -2.58. The molecule has 0 unspecified atom stereocenters. The van der Waals surface area contributed by atoms with Crippen LogP contribution in [0.2, 0.25) is 0 Å². The number of nitrogens with zero attached hydrogens (tertiary/aromatic N) is 8. The molecule has 6 rings (SSSR count). The third-order valence-corrected chi connectivity index (χ3v) is 6.84. The molecule has 0 bridgehead atoms. The fourth-order valence-corrected chi connectivity index (χ4v) is 5.13. The number of amides is 3. The van der Waals surface area contributed by atoms with Gasteiger partial charge in [0, 0.05) is 25.7 Å². The maximum absolute atomic E-state index is 13.3. The SMILES string of the molecule is CCn1c(C(=O)N2CC(F)(F)C2)nc2c(N3CCC(N4C(=O)[N]c5ccccc54)CC3)ncnc21. The Morgan fingerprint density at radius 3 is 2.60 bits per heavy atom. The van der Waals surface area contributed by atoms with E-state index in [1.165, 1.54) is 6.33 Å². The van der Waals surface area contributed by atoms with Crippen molar-refractivity contribution in [2.75, 3.05) is 36.0 Å². The van der Waals surface area contributed by atoms with Crippen LogP contribution in [0.25, 0.3) is 11.2 Å². The molecule has 181 valence electrons. The predicted octanol–water partition coefficient (Wildman–Crippen LogP) is 2.78. The van der Waals surface area contributed by atoms with Gasteiger partial charge in [-0.1, -0.05) is 12.1 Å². The Morgan fingerprint density at radius 1 is 1.14 bits per heavy atom. The Bertz CT molecular complexity index is 1330. The number of urea groups is 1. The van der Waals surface area contributed by atoms with Gasteiger partial charge in [-0.25, -0.2) is 28.5 Å². The van der Waals surface area contributed by atoms with Gasteiger partial charge in [0.25, 0.3) is 11.8 Å². The molecule has 0 spiro atoms. The number of carbonyl (C=O) groups excluding carboxylic acids is 2. The van der Waals surface area contributed by atoms with Crippen molar-refractivity contribution in [2.45, 2.75) is 38.3 Å². The average molecular weight is 481 g/mol. The van der Waals surface area contributed by atoms with E-state index >= 15 is 0 Å². The molecule has 35 heavy (non-hydrogen) atoms. The summed E-state index contributed by atoms with van der Waals surface area (Å²) in [6.07, 6.45) is 2.86. The minimum Gasteiger partial charge on any atom is -0.355 e. The fraction of sp³-hybridized carbons (Fsp3) is 0.435. The van der Waals surface area contributed by atoms with Crippen molar-refractivity contribution < 1.29 is 18.4 Å². The normalized spacial score (nSPS) is 19.6. The topological polar surface area (TPSA) is 102 Å². The molecule has 10 nitrogen and oxygen atoms in total. The molecule has 0 N–H and O–H groups in total. The van der Waals surface area contributed by atoms with Crippen molar-refractivity contribution in [3.63, 3.8) is 0 Å². The number of alkyl halides is 2. The Hall–Kier alpha value is -3.83. The van der Waals surface area contributed by atoms with E-state index in [4.69, 9.17) is 0 Å². The second-order valence-corrected chi connectivity index (χ2v) is 9.04. The first-order valence-corrected chi connectivity index (χ1v) is 11.6. The summed E-state index contributed by atoms with van der Waals surface area (Å²) in [7, 11) is 0. The lowest BCUT2D eigenvalue weighted by molar-refractivity contribution is -0.113. The van der Waals surface area contributed by atoms with E-state index in [0.29, 0.717) is 55.1 Å². The van der Waals surface area contributed by atoms with Crippen molar-refractivity contribution in [1.82, 2.24) is 29.7 Å². The van der Waals surface area contributed by atoms with Crippen LogP contribution in [0.3, 0.4) is 0 Å². The molecule has 3 aromatic rings. The number of aromatic nitrogens is 4. The van der Waals surface area contributed by atoms with Gasteiger partial charge >= 0.3 is 6.03 Å². The number of imidazole rings is 1. The predicted molar refractivity (Wildman–Crippen MR) is 123 cm³/mol.